The van der Waals surface area contributed by atoms with Crippen molar-refractivity contribution in [2.24, 2.45) is 5.92 Å². The smallest absolute Gasteiger partial charge is 0.219 e. The van der Waals surface area contributed by atoms with Crippen LogP contribution in [0.4, 0.5) is 9.52 Å². The lowest BCUT2D eigenvalue weighted by atomic mass is 9.86. The molecule has 3 N–H and O–H groups in total. The van der Waals surface area contributed by atoms with Gasteiger partial charge in [-0.25, -0.2) is 32.1 Å². The van der Waals surface area contributed by atoms with Gasteiger partial charge in [-0.2, -0.15) is 0 Å². The number of hydrogen-bond donors (Lipinski definition) is 2. The third-order valence-corrected chi connectivity index (χ3v) is 7.98. The maximum atomic E-state index is 13.1. The van der Waals surface area contributed by atoms with Gasteiger partial charge in [0, 0.05) is 24.4 Å². The van der Waals surface area contributed by atoms with Crippen LogP contribution in [0.3, 0.4) is 0 Å². The van der Waals surface area contributed by atoms with Crippen molar-refractivity contribution in [3.63, 3.8) is 0 Å². The average Bonchev–Trinajstić information content (AvgIpc) is 3.27. The Hall–Kier alpha value is -2.08. The van der Waals surface area contributed by atoms with Crippen molar-refractivity contribution in [1.29, 1.82) is 0 Å². The van der Waals surface area contributed by atoms with E-state index >= 15 is 0 Å². The van der Waals surface area contributed by atoms with Gasteiger partial charge in [-0.05, 0) is 24.5 Å². The van der Waals surface area contributed by atoms with E-state index in [0.29, 0.717) is 47.0 Å². The van der Waals surface area contributed by atoms with Gasteiger partial charge in [0.05, 0.1) is 17.6 Å². The van der Waals surface area contributed by atoms with Gasteiger partial charge in [0.15, 0.2) is 16.1 Å². The van der Waals surface area contributed by atoms with Crippen LogP contribution in [0.15, 0.2) is 23.7 Å². The first kappa shape index (κ1) is 21.2. The quantitative estimate of drug-likeness (QED) is 0.590. The van der Waals surface area contributed by atoms with Crippen LogP contribution in [0.2, 0.25) is 5.15 Å². The number of nitrogens with zero attached hydrogens (tertiary/aromatic N) is 4. The summed E-state index contributed by atoms with van der Waals surface area (Å²) in [6.45, 7) is 2.72. The van der Waals surface area contributed by atoms with Crippen molar-refractivity contribution < 1.29 is 12.8 Å². The molecule has 12 heteroatoms. The van der Waals surface area contributed by atoms with Gasteiger partial charge in [0.1, 0.15) is 17.3 Å². The van der Waals surface area contributed by atoms with Crippen molar-refractivity contribution in [2.45, 2.75) is 25.0 Å². The van der Waals surface area contributed by atoms with Gasteiger partial charge in [0.2, 0.25) is 10.0 Å². The van der Waals surface area contributed by atoms with Crippen molar-refractivity contribution in [2.75, 3.05) is 18.8 Å². The highest BCUT2D eigenvalue weighted by Crippen LogP contribution is 2.37. The molecule has 4 heterocycles. The summed E-state index contributed by atoms with van der Waals surface area (Å²) < 4.78 is 40.2. The summed E-state index contributed by atoms with van der Waals surface area (Å²) >= 11 is 7.59. The van der Waals surface area contributed by atoms with Crippen molar-refractivity contribution in [3.8, 4) is 11.5 Å². The molecule has 0 amide bonds. The number of piperidine rings is 1. The molecule has 0 saturated carbocycles. The molecule has 0 aliphatic carbocycles. The first-order valence-corrected chi connectivity index (χ1v) is 12.1. The van der Waals surface area contributed by atoms with Crippen LogP contribution in [0.25, 0.3) is 11.5 Å². The summed E-state index contributed by atoms with van der Waals surface area (Å²) in [5.74, 6) is -0.109. The Morgan fingerprint density at radius 2 is 2.20 bits per heavy atom. The maximum absolute atomic E-state index is 13.1. The van der Waals surface area contributed by atoms with Gasteiger partial charge in [0.25, 0.3) is 0 Å². The summed E-state index contributed by atoms with van der Waals surface area (Å²) in [7, 11) is -3.50. The van der Waals surface area contributed by atoms with E-state index in [1.165, 1.54) is 27.8 Å². The number of nitrogens with two attached hydrogens (primary N) is 1. The molecule has 3 aromatic rings. The lowest BCUT2D eigenvalue weighted by molar-refractivity contribution is 0.246. The standard InChI is InChI=1S/C18H20ClFN6O2S2/c1-10-7-26(30(27,28)9-12-8-29-18(21)23-12)5-4-13(10)15-16(19)25-17(24-15)14-3-2-11(20)6-22-14/h2-3,6,8,10,13H,4-5,7,9H2,1H3,(H2,21,23)(H,24,25)/t10-,13+/m0/s1. The minimum atomic E-state index is -3.50. The second-order valence-corrected chi connectivity index (χ2v) is 10.5. The fourth-order valence-corrected chi connectivity index (χ4v) is 6.19. The average molecular weight is 471 g/mol. The highest BCUT2D eigenvalue weighted by Gasteiger charge is 2.35. The summed E-state index contributed by atoms with van der Waals surface area (Å²) in [5.41, 5.74) is 7.29. The van der Waals surface area contributed by atoms with Gasteiger partial charge in [-0.3, -0.25) is 0 Å². The van der Waals surface area contributed by atoms with E-state index in [-0.39, 0.29) is 17.6 Å². The van der Waals surface area contributed by atoms with E-state index in [4.69, 9.17) is 17.3 Å². The van der Waals surface area contributed by atoms with Gasteiger partial charge < -0.3 is 10.7 Å². The van der Waals surface area contributed by atoms with Crippen LogP contribution in [-0.2, 0) is 15.8 Å². The van der Waals surface area contributed by atoms with Crippen LogP contribution < -0.4 is 5.73 Å². The van der Waals surface area contributed by atoms with Crippen molar-refractivity contribution >= 4 is 38.1 Å². The van der Waals surface area contributed by atoms with E-state index in [1.54, 1.807) is 5.38 Å². The minimum absolute atomic E-state index is 0.0144. The zero-order chi connectivity index (χ0) is 21.5. The number of aromatic amines is 1. The first-order valence-electron chi connectivity index (χ1n) is 9.28. The predicted molar refractivity (Wildman–Crippen MR) is 114 cm³/mol. The van der Waals surface area contributed by atoms with Gasteiger partial charge in [-0.1, -0.05) is 18.5 Å². The Balaban J connectivity index is 1.49. The summed E-state index contributed by atoms with van der Waals surface area (Å²) in [5, 5.41) is 2.34. The SMILES string of the molecule is C[C@H]1CN(S(=O)(=O)Cc2csc(N)n2)CC[C@H]1c1[nH]c(-c2ccc(F)cn2)nc1Cl. The minimum Gasteiger partial charge on any atom is -0.375 e. The Morgan fingerprint density at radius 1 is 1.40 bits per heavy atom. The molecule has 30 heavy (non-hydrogen) atoms. The first-order chi connectivity index (χ1) is 14.2. The molecule has 1 fully saturated rings. The molecule has 160 valence electrons. The lowest BCUT2D eigenvalue weighted by Crippen LogP contribution is -2.42. The Bertz CT molecular complexity index is 1150. The molecule has 4 rings (SSSR count). The number of nitrogen functional groups attached to an aromatic ring is 1. The number of anilines is 1. The van der Waals surface area contributed by atoms with E-state index < -0.39 is 15.8 Å². The fraction of sp³-hybridized carbons (Fsp3) is 0.389. The molecular weight excluding hydrogens is 451 g/mol. The Kier molecular flexibility index (Phi) is 5.80. The Labute approximate surface area is 182 Å². The number of aromatic nitrogens is 4. The lowest BCUT2D eigenvalue weighted by Gasteiger charge is -2.35. The van der Waals surface area contributed by atoms with Crippen molar-refractivity contribution in [1.82, 2.24) is 24.2 Å². The molecule has 0 bridgehead atoms. The van der Waals surface area contributed by atoms with Gasteiger partial charge in [-0.15, -0.1) is 11.3 Å². The molecule has 2 atom stereocenters. The molecule has 0 spiro atoms. The molecule has 0 unspecified atom stereocenters. The molecule has 1 aliphatic rings. The van der Waals surface area contributed by atoms with Crippen LogP contribution in [-0.4, -0.2) is 45.7 Å². The number of imidazole rings is 1. The third kappa shape index (κ3) is 4.34. The second-order valence-electron chi connectivity index (χ2n) is 7.32. The van der Waals surface area contributed by atoms with Crippen LogP contribution in [0.1, 0.15) is 30.7 Å². The maximum Gasteiger partial charge on any atom is 0.219 e. The van der Waals surface area contributed by atoms with Crippen molar-refractivity contribution in [3.05, 3.63) is 46.1 Å². The molecule has 0 aromatic carbocycles. The number of thiazole rings is 1. The highest BCUT2D eigenvalue weighted by molar-refractivity contribution is 7.88. The largest absolute Gasteiger partial charge is 0.375 e. The topological polar surface area (TPSA) is 118 Å². The molecule has 8 nitrogen and oxygen atoms in total. The highest BCUT2D eigenvalue weighted by atomic mass is 35.5. The summed E-state index contributed by atoms with van der Waals surface area (Å²) in [6, 6.07) is 2.83. The monoisotopic (exact) mass is 470 g/mol. The number of halogens is 2. The number of nitrogens with one attached hydrogen (secondary N) is 1. The molecule has 1 aliphatic heterocycles. The molecular formula is C18H20ClFN6O2S2. The number of pyridine rings is 1. The molecule has 3 aromatic heterocycles. The predicted octanol–water partition coefficient (Wildman–Crippen LogP) is 3.26. The fourth-order valence-electron chi connectivity index (χ4n) is 3.70. The number of rotatable bonds is 5. The van der Waals surface area contributed by atoms with Crippen LogP contribution in [0.5, 0.6) is 0 Å². The van der Waals surface area contributed by atoms with E-state index in [0.717, 1.165) is 11.9 Å². The van der Waals surface area contributed by atoms with Gasteiger partial charge >= 0.3 is 0 Å². The molecule has 0 radical (unpaired) electrons. The normalized spacial score (nSPS) is 20.5. The van der Waals surface area contributed by atoms with Crippen LogP contribution >= 0.6 is 22.9 Å². The van der Waals surface area contributed by atoms with E-state index in [1.807, 2.05) is 6.92 Å². The second kappa shape index (κ2) is 8.22. The summed E-state index contributed by atoms with van der Waals surface area (Å²) in [4.78, 5) is 15.6. The third-order valence-electron chi connectivity index (χ3n) is 5.19. The summed E-state index contributed by atoms with van der Waals surface area (Å²) in [6.07, 6.45) is 1.71. The number of hydrogen-bond acceptors (Lipinski definition) is 7. The zero-order valence-corrected chi connectivity index (χ0v) is 18.4. The zero-order valence-electron chi connectivity index (χ0n) is 16.0. The number of sulfonamides is 1. The van der Waals surface area contributed by atoms with E-state index in [2.05, 4.69) is 19.9 Å². The van der Waals surface area contributed by atoms with E-state index in [9.17, 15) is 12.8 Å². The molecule has 1 saturated heterocycles. The Morgan fingerprint density at radius 3 is 2.83 bits per heavy atom. The number of H-pyrrole nitrogens is 1. The van der Waals surface area contributed by atoms with Crippen LogP contribution in [0, 0.1) is 11.7 Å².